The molecule has 0 aliphatic carbocycles. The Hall–Kier alpha value is -1.28. The molecular formula is C8F17O3S-. The van der Waals surface area contributed by atoms with Crippen molar-refractivity contribution in [2.45, 2.75) is 47.0 Å². The Balaban J connectivity index is 7.65. The van der Waals surface area contributed by atoms with Crippen molar-refractivity contribution in [3.63, 3.8) is 0 Å². The molecule has 2 unspecified atom stereocenters. The Labute approximate surface area is 146 Å². The molecule has 0 aromatic rings. The van der Waals surface area contributed by atoms with Crippen molar-refractivity contribution in [2.24, 2.45) is 0 Å². The van der Waals surface area contributed by atoms with E-state index in [0.29, 0.717) is 0 Å². The summed E-state index contributed by atoms with van der Waals surface area (Å²) in [6, 6.07) is 0. The first-order valence-electron chi connectivity index (χ1n) is 5.67. The Morgan fingerprint density at radius 3 is 0.931 bits per heavy atom. The Morgan fingerprint density at radius 2 is 0.759 bits per heavy atom. The molecule has 21 heteroatoms. The molecule has 0 radical (unpaired) electrons. The molecule has 0 saturated heterocycles. The molecule has 3 nitrogen and oxygen atoms in total. The number of rotatable bonds is 5. The van der Waals surface area contributed by atoms with Crippen LogP contribution in [0.25, 0.3) is 0 Å². The third-order valence-electron chi connectivity index (χ3n) is 3.12. The topological polar surface area (TPSA) is 57.2 Å². The van der Waals surface area contributed by atoms with Crippen LogP contribution in [0.4, 0.5) is 74.6 Å². The highest BCUT2D eigenvalue weighted by Crippen LogP contribution is 2.66. The highest BCUT2D eigenvalue weighted by Gasteiger charge is 2.99. The van der Waals surface area contributed by atoms with Gasteiger partial charge in [0.2, 0.25) is 0 Å². The molecule has 0 aliphatic heterocycles. The second kappa shape index (κ2) is 6.36. The smallest absolute Gasteiger partial charge is 0.460 e. The van der Waals surface area contributed by atoms with Crippen LogP contribution in [0.2, 0.25) is 0 Å². The van der Waals surface area contributed by atoms with Crippen LogP contribution < -0.4 is 0 Å². The molecule has 0 saturated carbocycles. The van der Waals surface area contributed by atoms with Gasteiger partial charge in [-0.1, -0.05) is 0 Å². The second-order valence-corrected chi connectivity index (χ2v) is 6.40. The van der Waals surface area contributed by atoms with Gasteiger partial charge in [0, 0.05) is 0 Å². The summed E-state index contributed by atoms with van der Waals surface area (Å²) in [5.74, 6) is -26.8. The molecule has 0 bridgehead atoms. The van der Waals surface area contributed by atoms with Crippen LogP contribution in [-0.2, 0) is 10.1 Å². The van der Waals surface area contributed by atoms with Gasteiger partial charge in [-0.2, -0.15) is 65.9 Å². The van der Waals surface area contributed by atoms with Gasteiger partial charge in [0.25, 0.3) is 0 Å². The van der Waals surface area contributed by atoms with Gasteiger partial charge in [-0.15, -0.1) is 0 Å². The van der Waals surface area contributed by atoms with Crippen molar-refractivity contribution in [2.75, 3.05) is 0 Å². The minimum atomic E-state index is -9.24. The van der Waals surface area contributed by atoms with E-state index in [4.69, 9.17) is 0 Å². The molecule has 176 valence electrons. The minimum absolute atomic E-state index is 8.08. The Bertz CT molecular complexity index is 729. The van der Waals surface area contributed by atoms with E-state index in [2.05, 4.69) is 0 Å². The number of alkyl halides is 17. The average Bonchev–Trinajstić information content (AvgIpc) is 2.39. The summed E-state index contributed by atoms with van der Waals surface area (Å²) in [5, 5.41) is -8.58. The molecule has 2 atom stereocenters. The van der Waals surface area contributed by atoms with Gasteiger partial charge in [-0.05, 0) is 0 Å². The van der Waals surface area contributed by atoms with Crippen LogP contribution in [0.1, 0.15) is 0 Å². The van der Waals surface area contributed by atoms with E-state index in [0.717, 1.165) is 0 Å². The first-order valence-corrected chi connectivity index (χ1v) is 7.08. The maximum absolute atomic E-state index is 13.7. The van der Waals surface area contributed by atoms with E-state index >= 15 is 0 Å². The van der Waals surface area contributed by atoms with Gasteiger partial charge < -0.3 is 4.55 Å². The maximum atomic E-state index is 13.7. The monoisotopic (exact) mass is 499 g/mol. The first kappa shape index (κ1) is 27.7. The van der Waals surface area contributed by atoms with Crippen molar-refractivity contribution in [3.05, 3.63) is 0 Å². The fourth-order valence-electron chi connectivity index (χ4n) is 1.65. The molecule has 0 aromatic heterocycles. The van der Waals surface area contributed by atoms with Crippen LogP contribution in [0.15, 0.2) is 0 Å². The van der Waals surface area contributed by atoms with Gasteiger partial charge in [0.1, 0.15) is 10.1 Å². The fourth-order valence-corrected chi connectivity index (χ4v) is 2.38. The SMILES string of the molecule is O=S(=O)([O-])C(F)(C(F)(F)F)C(F)(F)C(F)(C(F)(F)F)C(F)(F)C(F)(F)C(F)(F)F. The van der Waals surface area contributed by atoms with Crippen molar-refractivity contribution < 1.29 is 87.6 Å². The number of halogens is 17. The minimum Gasteiger partial charge on any atom is -0.745 e. The highest BCUT2D eigenvalue weighted by molar-refractivity contribution is 7.87. The quantitative estimate of drug-likeness (QED) is 0.414. The first-order chi connectivity index (χ1) is 12.0. The zero-order valence-electron chi connectivity index (χ0n) is 12.1. The average molecular weight is 499 g/mol. The zero-order valence-corrected chi connectivity index (χ0v) is 12.9. The summed E-state index contributed by atoms with van der Waals surface area (Å²) < 4.78 is 246. The van der Waals surface area contributed by atoms with Gasteiger partial charge in [0.05, 0.1) is 0 Å². The predicted molar refractivity (Wildman–Crippen MR) is 50.4 cm³/mol. The van der Waals surface area contributed by atoms with Crippen LogP contribution in [0, 0.1) is 0 Å². The number of hydrogen-bond donors (Lipinski definition) is 0. The molecule has 29 heavy (non-hydrogen) atoms. The summed E-state index contributed by atoms with van der Waals surface area (Å²) in [6.07, 6.45) is -25.0. The van der Waals surface area contributed by atoms with Crippen LogP contribution in [0.5, 0.6) is 0 Å². The van der Waals surface area contributed by atoms with Crippen LogP contribution in [-0.4, -0.2) is 59.9 Å². The summed E-state index contributed by atoms with van der Waals surface area (Å²) in [4.78, 5) is 0. The lowest BCUT2D eigenvalue weighted by molar-refractivity contribution is -0.454. The summed E-state index contributed by atoms with van der Waals surface area (Å²) >= 11 is 0. The lowest BCUT2D eigenvalue weighted by atomic mass is 9.82. The lowest BCUT2D eigenvalue weighted by Crippen LogP contribution is -2.80. The predicted octanol–water partition coefficient (Wildman–Crippen LogP) is 4.50. The zero-order chi connectivity index (χ0) is 24.5. The Kier molecular flexibility index (Phi) is 6.08. The second-order valence-electron chi connectivity index (χ2n) is 4.92. The largest absolute Gasteiger partial charge is 0.745 e. The van der Waals surface area contributed by atoms with Crippen LogP contribution >= 0.6 is 0 Å². The molecule has 0 N–H and O–H groups in total. The van der Waals surface area contributed by atoms with E-state index in [1.807, 2.05) is 0 Å². The summed E-state index contributed by atoms with van der Waals surface area (Å²) in [5.41, 5.74) is -9.24. The molecule has 0 spiro atoms. The number of hydrogen-bond acceptors (Lipinski definition) is 3. The van der Waals surface area contributed by atoms with Crippen molar-refractivity contribution in [1.29, 1.82) is 0 Å². The van der Waals surface area contributed by atoms with Gasteiger partial charge in [0.15, 0.2) is 0 Å². The van der Waals surface area contributed by atoms with Crippen molar-refractivity contribution >= 4 is 10.1 Å². The van der Waals surface area contributed by atoms with Gasteiger partial charge in [-0.3, -0.25) is 0 Å². The van der Waals surface area contributed by atoms with E-state index in [9.17, 15) is 87.6 Å². The third kappa shape index (κ3) is 3.26. The van der Waals surface area contributed by atoms with Crippen LogP contribution in [0.3, 0.4) is 0 Å². The molecule has 0 fully saturated rings. The van der Waals surface area contributed by atoms with E-state index in [-0.39, 0.29) is 0 Å². The molecular weight excluding hydrogens is 499 g/mol. The van der Waals surface area contributed by atoms with Gasteiger partial charge in [-0.25, -0.2) is 17.2 Å². The molecule has 0 aromatic carbocycles. The van der Waals surface area contributed by atoms with Gasteiger partial charge >= 0.3 is 47.0 Å². The standard InChI is InChI=1S/C8HF17O3S/c9-1(6(17,18)19,2(10,11)4(14,15)7(20,21)22)3(12,13)5(16,8(23,24)25)29(26,27)28/h(H,26,27,28)/p-1. The molecule has 0 rings (SSSR count). The normalized spacial score (nSPS) is 20.2. The summed E-state index contributed by atoms with van der Waals surface area (Å²) in [6.45, 7) is 0. The molecule has 0 heterocycles. The third-order valence-corrected chi connectivity index (χ3v) is 4.30. The Morgan fingerprint density at radius 1 is 0.448 bits per heavy atom. The van der Waals surface area contributed by atoms with Crippen molar-refractivity contribution in [1.82, 2.24) is 0 Å². The maximum Gasteiger partial charge on any atom is 0.460 e. The van der Waals surface area contributed by atoms with Crippen molar-refractivity contribution in [3.8, 4) is 0 Å². The van der Waals surface area contributed by atoms with E-state index < -0.39 is 57.1 Å². The fraction of sp³-hybridized carbons (Fsp3) is 1.00. The molecule has 0 aliphatic rings. The summed E-state index contributed by atoms with van der Waals surface area (Å²) in [7, 11) is -8.76. The van der Waals surface area contributed by atoms with E-state index in [1.165, 1.54) is 0 Å². The lowest BCUT2D eigenvalue weighted by Gasteiger charge is -2.47. The van der Waals surface area contributed by atoms with E-state index in [1.54, 1.807) is 0 Å². The molecule has 0 amide bonds. The highest BCUT2D eigenvalue weighted by atomic mass is 32.2.